The van der Waals surface area contributed by atoms with Crippen molar-refractivity contribution in [3.8, 4) is 11.8 Å². The molecule has 0 aliphatic heterocycles. The third kappa shape index (κ3) is 3.44. The maximum Gasteiger partial charge on any atom is 0.231 e. The predicted molar refractivity (Wildman–Crippen MR) is 91.7 cm³/mol. The Bertz CT molecular complexity index is 778. The molecule has 2 aromatic rings. The summed E-state index contributed by atoms with van der Waals surface area (Å²) in [4.78, 5) is 12.2. The number of hydrogen-bond acceptors (Lipinski definition) is 5. The normalized spacial score (nSPS) is 16.2. The Morgan fingerprint density at radius 3 is 2.75 bits per heavy atom. The minimum atomic E-state index is -0.763. The number of carbonyl (C=O) groups excluding carboxylic acids is 1. The van der Waals surface area contributed by atoms with E-state index in [-0.39, 0.29) is 17.6 Å². The summed E-state index contributed by atoms with van der Waals surface area (Å²) in [5.41, 5.74) is 0.198. The average molecular weight is 341 g/mol. The molecule has 7 heteroatoms. The molecular weight excluding hydrogens is 322 g/mol. The summed E-state index contributed by atoms with van der Waals surface area (Å²) < 4.78 is 1.92. The number of aromatic nitrogens is 3. The van der Waals surface area contributed by atoms with Crippen LogP contribution in [0.3, 0.4) is 0 Å². The van der Waals surface area contributed by atoms with Crippen LogP contribution in [0.4, 0.5) is 0 Å². The summed E-state index contributed by atoms with van der Waals surface area (Å²) >= 11 is 1.32. The SMILES string of the molecule is Cc1nnc(SCC(=O)N[C@](C)(C#N)C2CC2)n1-c1ccccc1. The first kappa shape index (κ1) is 16.5. The van der Waals surface area contributed by atoms with Gasteiger partial charge in [-0.05, 0) is 44.7 Å². The molecule has 1 atom stereocenters. The molecule has 0 bridgehead atoms. The molecule has 3 rings (SSSR count). The van der Waals surface area contributed by atoms with E-state index < -0.39 is 5.54 Å². The fourth-order valence-corrected chi connectivity index (χ4v) is 3.45. The Balaban J connectivity index is 1.67. The van der Waals surface area contributed by atoms with Crippen molar-refractivity contribution in [3.05, 3.63) is 36.2 Å². The van der Waals surface area contributed by atoms with E-state index in [1.165, 1.54) is 11.8 Å². The number of hydrogen-bond donors (Lipinski definition) is 1. The van der Waals surface area contributed by atoms with E-state index in [1.54, 1.807) is 6.92 Å². The number of para-hydroxylation sites is 1. The summed E-state index contributed by atoms with van der Waals surface area (Å²) in [6.45, 7) is 3.67. The fraction of sp³-hybridized carbons (Fsp3) is 0.412. The van der Waals surface area contributed by atoms with Crippen LogP contribution in [0, 0.1) is 24.2 Å². The Hall–Kier alpha value is -2.33. The summed E-state index contributed by atoms with van der Waals surface area (Å²) in [7, 11) is 0. The van der Waals surface area contributed by atoms with Gasteiger partial charge in [-0.25, -0.2) is 0 Å². The minimum absolute atomic E-state index is 0.156. The highest BCUT2D eigenvalue weighted by molar-refractivity contribution is 7.99. The summed E-state index contributed by atoms with van der Waals surface area (Å²) in [6.07, 6.45) is 2.00. The second kappa shape index (κ2) is 6.65. The third-order valence-electron chi connectivity index (χ3n) is 4.17. The molecule has 0 unspecified atom stereocenters. The van der Waals surface area contributed by atoms with E-state index in [1.807, 2.05) is 41.8 Å². The van der Waals surface area contributed by atoms with Crippen LogP contribution in [0.2, 0.25) is 0 Å². The highest BCUT2D eigenvalue weighted by Gasteiger charge is 2.42. The van der Waals surface area contributed by atoms with Gasteiger partial charge in [0.2, 0.25) is 5.91 Å². The Morgan fingerprint density at radius 1 is 1.42 bits per heavy atom. The van der Waals surface area contributed by atoms with Crippen LogP contribution >= 0.6 is 11.8 Å². The van der Waals surface area contributed by atoms with Crippen LogP contribution in [0.25, 0.3) is 5.69 Å². The molecule has 1 heterocycles. The number of benzene rings is 1. The predicted octanol–water partition coefficient (Wildman–Crippen LogP) is 2.48. The molecule has 1 aromatic heterocycles. The van der Waals surface area contributed by atoms with Crippen molar-refractivity contribution >= 4 is 17.7 Å². The van der Waals surface area contributed by atoms with Crippen LogP contribution in [0.15, 0.2) is 35.5 Å². The number of amides is 1. The number of carbonyl (C=O) groups is 1. The number of thioether (sulfide) groups is 1. The maximum absolute atomic E-state index is 12.2. The van der Waals surface area contributed by atoms with Crippen molar-refractivity contribution in [2.75, 3.05) is 5.75 Å². The van der Waals surface area contributed by atoms with Crippen LogP contribution in [-0.4, -0.2) is 32.0 Å². The molecule has 1 amide bonds. The quantitative estimate of drug-likeness (QED) is 0.816. The Morgan fingerprint density at radius 2 is 2.12 bits per heavy atom. The molecule has 1 N–H and O–H groups in total. The molecule has 124 valence electrons. The molecule has 1 fully saturated rings. The van der Waals surface area contributed by atoms with Crippen molar-refractivity contribution in [1.29, 1.82) is 5.26 Å². The molecule has 0 spiro atoms. The topological polar surface area (TPSA) is 83.6 Å². The van der Waals surface area contributed by atoms with Gasteiger partial charge in [-0.15, -0.1) is 10.2 Å². The largest absolute Gasteiger partial charge is 0.337 e. The zero-order valence-corrected chi connectivity index (χ0v) is 14.5. The molecule has 0 radical (unpaired) electrons. The highest BCUT2D eigenvalue weighted by atomic mass is 32.2. The van der Waals surface area contributed by atoms with Crippen molar-refractivity contribution in [3.63, 3.8) is 0 Å². The standard InChI is InChI=1S/C17H19N5OS/c1-12-20-21-16(22(12)14-6-4-3-5-7-14)24-10-15(23)19-17(2,11-18)13-8-9-13/h3-7,13H,8-10H2,1-2H3,(H,19,23)/t17-/m1/s1. The summed E-state index contributed by atoms with van der Waals surface area (Å²) in [5.74, 6) is 1.08. The van der Waals surface area contributed by atoms with Crippen LogP contribution in [-0.2, 0) is 4.79 Å². The summed E-state index contributed by atoms with van der Waals surface area (Å²) in [6, 6.07) is 12.0. The van der Waals surface area contributed by atoms with Crippen LogP contribution in [0.5, 0.6) is 0 Å². The number of nitriles is 1. The average Bonchev–Trinajstić information content (AvgIpc) is 3.38. The lowest BCUT2D eigenvalue weighted by molar-refractivity contribution is -0.119. The van der Waals surface area contributed by atoms with Crippen molar-refractivity contribution < 1.29 is 4.79 Å². The van der Waals surface area contributed by atoms with Crippen molar-refractivity contribution in [1.82, 2.24) is 20.1 Å². The van der Waals surface area contributed by atoms with Crippen LogP contribution in [0.1, 0.15) is 25.6 Å². The monoisotopic (exact) mass is 341 g/mol. The van der Waals surface area contributed by atoms with E-state index in [0.29, 0.717) is 5.16 Å². The van der Waals surface area contributed by atoms with E-state index in [0.717, 1.165) is 24.4 Å². The van der Waals surface area contributed by atoms with Gasteiger partial charge in [0.25, 0.3) is 0 Å². The summed E-state index contributed by atoms with van der Waals surface area (Å²) in [5, 5.41) is 21.1. The van der Waals surface area contributed by atoms with Crippen molar-refractivity contribution in [2.45, 2.75) is 37.4 Å². The highest BCUT2D eigenvalue weighted by Crippen LogP contribution is 2.39. The molecule has 0 saturated heterocycles. The lowest BCUT2D eigenvalue weighted by Gasteiger charge is -2.22. The number of rotatable bonds is 6. The lowest BCUT2D eigenvalue weighted by Crippen LogP contribution is -2.47. The third-order valence-corrected chi connectivity index (χ3v) is 5.10. The van der Waals surface area contributed by atoms with Gasteiger partial charge in [0.05, 0.1) is 11.8 Å². The lowest BCUT2D eigenvalue weighted by atomic mass is 9.98. The van der Waals surface area contributed by atoms with Gasteiger partial charge in [-0.1, -0.05) is 30.0 Å². The number of aryl methyl sites for hydroxylation is 1. The van der Waals surface area contributed by atoms with Gasteiger partial charge in [0, 0.05) is 5.69 Å². The van der Waals surface area contributed by atoms with E-state index in [9.17, 15) is 10.1 Å². The van der Waals surface area contributed by atoms with Gasteiger partial charge >= 0.3 is 0 Å². The van der Waals surface area contributed by atoms with Gasteiger partial charge in [0.1, 0.15) is 11.4 Å². The van der Waals surface area contributed by atoms with Gasteiger partial charge in [-0.3, -0.25) is 9.36 Å². The smallest absolute Gasteiger partial charge is 0.231 e. The molecule has 1 aromatic carbocycles. The van der Waals surface area contributed by atoms with Gasteiger partial charge in [0.15, 0.2) is 5.16 Å². The van der Waals surface area contributed by atoms with E-state index in [4.69, 9.17) is 0 Å². The first-order valence-electron chi connectivity index (χ1n) is 7.86. The molecular formula is C17H19N5OS. The zero-order valence-electron chi connectivity index (χ0n) is 13.7. The second-order valence-electron chi connectivity index (χ2n) is 6.13. The first-order valence-corrected chi connectivity index (χ1v) is 8.84. The number of nitrogens with zero attached hydrogens (tertiary/aromatic N) is 4. The molecule has 6 nitrogen and oxygen atoms in total. The molecule has 24 heavy (non-hydrogen) atoms. The second-order valence-corrected chi connectivity index (χ2v) is 7.07. The molecule has 1 saturated carbocycles. The maximum atomic E-state index is 12.2. The fourth-order valence-electron chi connectivity index (χ4n) is 2.65. The van der Waals surface area contributed by atoms with Crippen LogP contribution < -0.4 is 5.32 Å². The molecule has 1 aliphatic rings. The van der Waals surface area contributed by atoms with Gasteiger partial charge in [-0.2, -0.15) is 5.26 Å². The first-order chi connectivity index (χ1) is 11.5. The zero-order chi connectivity index (χ0) is 17.2. The van der Waals surface area contributed by atoms with E-state index in [2.05, 4.69) is 21.6 Å². The minimum Gasteiger partial charge on any atom is -0.337 e. The Kier molecular flexibility index (Phi) is 4.58. The van der Waals surface area contributed by atoms with Crippen molar-refractivity contribution in [2.24, 2.45) is 5.92 Å². The van der Waals surface area contributed by atoms with Gasteiger partial charge < -0.3 is 5.32 Å². The Labute approximate surface area is 145 Å². The molecule has 1 aliphatic carbocycles. The van der Waals surface area contributed by atoms with E-state index >= 15 is 0 Å². The number of nitrogens with one attached hydrogen (secondary N) is 1.